The Hall–Kier alpha value is -2.04. The molecule has 0 aliphatic carbocycles. The first-order valence-corrected chi connectivity index (χ1v) is 10.8. The molecule has 2 aromatic carbocycles. The van der Waals surface area contributed by atoms with E-state index in [0.29, 0.717) is 13.1 Å². The van der Waals surface area contributed by atoms with E-state index in [2.05, 4.69) is 46.7 Å². The molecular formula is C24H35IN4O3. The maximum absolute atomic E-state index is 5.49. The van der Waals surface area contributed by atoms with Crippen LogP contribution in [0, 0.1) is 0 Å². The number of guanidine groups is 1. The molecular weight excluding hydrogens is 519 g/mol. The second kappa shape index (κ2) is 14.2. The van der Waals surface area contributed by atoms with Crippen molar-refractivity contribution in [3.05, 3.63) is 59.2 Å². The molecule has 0 unspecified atom stereocenters. The molecule has 0 atom stereocenters. The normalized spacial score (nSPS) is 14.4. The molecule has 1 heterocycles. The number of methoxy groups -OCH3 is 2. The van der Waals surface area contributed by atoms with Crippen LogP contribution in [-0.2, 0) is 24.4 Å². The minimum atomic E-state index is 0. The van der Waals surface area contributed by atoms with E-state index in [0.717, 1.165) is 62.4 Å². The van der Waals surface area contributed by atoms with Crippen LogP contribution < -0.4 is 20.1 Å². The average Bonchev–Trinajstić information content (AvgIpc) is 2.81. The van der Waals surface area contributed by atoms with Crippen molar-refractivity contribution in [1.82, 2.24) is 15.5 Å². The Bertz CT molecular complexity index is 857. The lowest BCUT2D eigenvalue weighted by molar-refractivity contribution is 0.0342. The molecule has 2 aromatic rings. The minimum Gasteiger partial charge on any atom is -0.497 e. The van der Waals surface area contributed by atoms with Crippen molar-refractivity contribution in [3.8, 4) is 11.5 Å². The van der Waals surface area contributed by atoms with Crippen molar-refractivity contribution in [1.29, 1.82) is 0 Å². The number of morpholine rings is 1. The van der Waals surface area contributed by atoms with Gasteiger partial charge in [0.05, 0.1) is 34.0 Å². The summed E-state index contributed by atoms with van der Waals surface area (Å²) in [5, 5.41) is 6.71. The third-order valence-electron chi connectivity index (χ3n) is 5.21. The van der Waals surface area contributed by atoms with Crippen LogP contribution in [-0.4, -0.2) is 57.9 Å². The van der Waals surface area contributed by atoms with Crippen LogP contribution in [0.5, 0.6) is 11.5 Å². The first-order valence-electron chi connectivity index (χ1n) is 10.8. The van der Waals surface area contributed by atoms with E-state index >= 15 is 0 Å². The monoisotopic (exact) mass is 554 g/mol. The highest BCUT2D eigenvalue weighted by Crippen LogP contribution is 2.24. The van der Waals surface area contributed by atoms with Crippen LogP contribution in [0.4, 0.5) is 0 Å². The first-order chi connectivity index (χ1) is 15.2. The van der Waals surface area contributed by atoms with E-state index < -0.39 is 0 Å². The molecule has 32 heavy (non-hydrogen) atoms. The topological polar surface area (TPSA) is 67.4 Å². The molecule has 1 aliphatic rings. The molecule has 1 aliphatic heterocycles. The summed E-state index contributed by atoms with van der Waals surface area (Å²) in [5.74, 6) is 2.34. The van der Waals surface area contributed by atoms with Crippen LogP contribution >= 0.6 is 24.0 Å². The van der Waals surface area contributed by atoms with Gasteiger partial charge in [0.15, 0.2) is 5.96 Å². The molecule has 0 spiro atoms. The molecule has 1 saturated heterocycles. The molecule has 8 heteroatoms. The van der Waals surface area contributed by atoms with Crippen molar-refractivity contribution < 1.29 is 14.2 Å². The van der Waals surface area contributed by atoms with Crippen LogP contribution in [0.15, 0.2) is 47.5 Å². The summed E-state index contributed by atoms with van der Waals surface area (Å²) in [6.07, 6.45) is 0. The summed E-state index contributed by atoms with van der Waals surface area (Å²) in [4.78, 5) is 7.20. The van der Waals surface area contributed by atoms with Gasteiger partial charge in [-0.05, 0) is 30.2 Å². The lowest BCUT2D eigenvalue weighted by Crippen LogP contribution is -2.36. The Morgan fingerprint density at radius 3 is 2.53 bits per heavy atom. The van der Waals surface area contributed by atoms with Crippen molar-refractivity contribution in [2.75, 3.05) is 47.1 Å². The van der Waals surface area contributed by atoms with Gasteiger partial charge in [0.2, 0.25) is 0 Å². The van der Waals surface area contributed by atoms with Gasteiger partial charge in [0.1, 0.15) is 11.5 Å². The van der Waals surface area contributed by atoms with Crippen LogP contribution in [0.3, 0.4) is 0 Å². The lowest BCUT2D eigenvalue weighted by Gasteiger charge is -2.26. The van der Waals surface area contributed by atoms with E-state index in [1.54, 1.807) is 14.2 Å². The Kier molecular flexibility index (Phi) is 11.6. The number of aliphatic imine (C=N–C) groups is 1. The summed E-state index contributed by atoms with van der Waals surface area (Å²) in [6.45, 7) is 8.66. The Morgan fingerprint density at radius 1 is 1.03 bits per heavy atom. The number of nitrogens with zero attached hydrogens (tertiary/aromatic N) is 2. The van der Waals surface area contributed by atoms with Gasteiger partial charge in [-0.25, -0.2) is 4.99 Å². The van der Waals surface area contributed by atoms with Gasteiger partial charge in [0, 0.05) is 44.4 Å². The molecule has 1 fully saturated rings. The molecule has 7 nitrogen and oxygen atoms in total. The highest BCUT2D eigenvalue weighted by Gasteiger charge is 2.11. The van der Waals surface area contributed by atoms with Crippen molar-refractivity contribution in [3.63, 3.8) is 0 Å². The Morgan fingerprint density at radius 2 is 1.81 bits per heavy atom. The molecule has 0 bridgehead atoms. The van der Waals surface area contributed by atoms with Gasteiger partial charge >= 0.3 is 0 Å². The van der Waals surface area contributed by atoms with Gasteiger partial charge in [-0.3, -0.25) is 4.90 Å². The van der Waals surface area contributed by atoms with Gasteiger partial charge < -0.3 is 24.8 Å². The van der Waals surface area contributed by atoms with E-state index in [-0.39, 0.29) is 24.0 Å². The minimum absolute atomic E-state index is 0. The van der Waals surface area contributed by atoms with E-state index in [1.165, 1.54) is 11.1 Å². The highest BCUT2D eigenvalue weighted by molar-refractivity contribution is 14.0. The first kappa shape index (κ1) is 26.2. The third-order valence-corrected chi connectivity index (χ3v) is 5.21. The summed E-state index contributed by atoms with van der Waals surface area (Å²) in [7, 11) is 3.32. The summed E-state index contributed by atoms with van der Waals surface area (Å²) >= 11 is 0. The summed E-state index contributed by atoms with van der Waals surface area (Å²) in [6, 6.07) is 14.5. The van der Waals surface area contributed by atoms with Crippen LogP contribution in [0.1, 0.15) is 23.6 Å². The highest BCUT2D eigenvalue weighted by atomic mass is 127. The third kappa shape index (κ3) is 8.14. The zero-order chi connectivity index (χ0) is 21.9. The number of benzene rings is 2. The fraction of sp³-hybridized carbons (Fsp3) is 0.458. The largest absolute Gasteiger partial charge is 0.497 e. The van der Waals surface area contributed by atoms with E-state index in [9.17, 15) is 0 Å². The lowest BCUT2D eigenvalue weighted by atomic mass is 10.1. The molecule has 0 amide bonds. The SMILES string of the molecule is CCNC(=NCc1cccc(CN2CCOCC2)c1)NCc1ccc(OC)cc1OC.I. The average molecular weight is 554 g/mol. The molecule has 2 N–H and O–H groups in total. The fourth-order valence-electron chi connectivity index (χ4n) is 3.53. The number of rotatable bonds is 9. The van der Waals surface area contributed by atoms with Gasteiger partial charge in [0.25, 0.3) is 0 Å². The van der Waals surface area contributed by atoms with Crippen molar-refractivity contribution in [2.45, 2.75) is 26.6 Å². The zero-order valence-electron chi connectivity index (χ0n) is 19.2. The Balaban J connectivity index is 0.00000363. The summed E-state index contributed by atoms with van der Waals surface area (Å²) < 4.78 is 16.2. The maximum atomic E-state index is 5.49. The fourth-order valence-corrected chi connectivity index (χ4v) is 3.53. The van der Waals surface area contributed by atoms with Gasteiger partial charge in [-0.2, -0.15) is 0 Å². The van der Waals surface area contributed by atoms with Gasteiger partial charge in [-0.1, -0.05) is 24.3 Å². The number of halogens is 1. The van der Waals surface area contributed by atoms with Crippen LogP contribution in [0.2, 0.25) is 0 Å². The second-order valence-electron chi connectivity index (χ2n) is 7.43. The van der Waals surface area contributed by atoms with E-state index in [4.69, 9.17) is 19.2 Å². The summed E-state index contributed by atoms with van der Waals surface area (Å²) in [5.41, 5.74) is 3.56. The molecule has 0 saturated carbocycles. The van der Waals surface area contributed by atoms with Gasteiger partial charge in [-0.15, -0.1) is 24.0 Å². The maximum Gasteiger partial charge on any atom is 0.191 e. The molecule has 3 rings (SSSR count). The number of ether oxygens (including phenoxy) is 3. The van der Waals surface area contributed by atoms with Crippen molar-refractivity contribution in [2.24, 2.45) is 4.99 Å². The Labute approximate surface area is 208 Å². The number of nitrogens with one attached hydrogen (secondary N) is 2. The molecule has 0 aromatic heterocycles. The standard InChI is InChI=1S/C24H34N4O3.HI/c1-4-25-24(27-17-21-8-9-22(29-2)15-23(21)30-3)26-16-19-6-5-7-20(14-19)18-28-10-12-31-13-11-28;/h5-9,14-15H,4,10-13,16-18H2,1-3H3,(H2,25,26,27);1H. The zero-order valence-corrected chi connectivity index (χ0v) is 21.6. The smallest absolute Gasteiger partial charge is 0.191 e. The van der Waals surface area contributed by atoms with E-state index in [1.807, 2.05) is 18.2 Å². The second-order valence-corrected chi connectivity index (χ2v) is 7.43. The number of hydrogen-bond donors (Lipinski definition) is 2. The molecule has 0 radical (unpaired) electrons. The van der Waals surface area contributed by atoms with Crippen molar-refractivity contribution >= 4 is 29.9 Å². The van der Waals surface area contributed by atoms with Crippen LogP contribution in [0.25, 0.3) is 0 Å². The predicted molar refractivity (Wildman–Crippen MR) is 139 cm³/mol. The number of hydrogen-bond acceptors (Lipinski definition) is 5. The quantitative estimate of drug-likeness (QED) is 0.282. The molecule has 176 valence electrons. The predicted octanol–water partition coefficient (Wildman–Crippen LogP) is 3.41.